The molecule has 0 aliphatic heterocycles. The first-order chi connectivity index (χ1) is 9.61. The first-order valence-electron chi connectivity index (χ1n) is 6.24. The number of carboxylic acid groups (broad SMARTS) is 1. The molecule has 0 radical (unpaired) electrons. The van der Waals surface area contributed by atoms with Crippen LogP contribution in [0, 0.1) is 0 Å². The van der Waals surface area contributed by atoms with Gasteiger partial charge in [0.15, 0.2) is 5.43 Å². The maximum absolute atomic E-state index is 11.9. The van der Waals surface area contributed by atoms with Crippen LogP contribution in [0.3, 0.4) is 0 Å². The molecular formula is C15H15NO4. The molecule has 1 aromatic carbocycles. The molecule has 0 aliphatic rings. The summed E-state index contributed by atoms with van der Waals surface area (Å²) in [6, 6.07) is 6.09. The molecule has 2 N–H and O–H groups in total. The second-order valence-electron chi connectivity index (χ2n) is 4.33. The molecule has 0 unspecified atom stereocenters. The first kappa shape index (κ1) is 14.0. The van der Waals surface area contributed by atoms with E-state index in [0.29, 0.717) is 5.39 Å². The third-order valence-corrected chi connectivity index (χ3v) is 2.83. The highest BCUT2D eigenvalue weighted by Crippen LogP contribution is 2.15. The van der Waals surface area contributed by atoms with Crippen molar-refractivity contribution in [3.8, 4) is 0 Å². The summed E-state index contributed by atoms with van der Waals surface area (Å²) in [5, 5.41) is 12.3. The molecule has 0 spiro atoms. The van der Waals surface area contributed by atoms with Crippen LogP contribution >= 0.6 is 0 Å². The van der Waals surface area contributed by atoms with Gasteiger partial charge >= 0.3 is 5.97 Å². The Bertz CT molecular complexity index is 715. The SMILES string of the molecule is CNCCC=Cc1ccc2oc(C(=O)O)cc(=O)c2c1. The Labute approximate surface area is 115 Å². The van der Waals surface area contributed by atoms with Gasteiger partial charge in [0.25, 0.3) is 0 Å². The third kappa shape index (κ3) is 3.13. The molecule has 0 bridgehead atoms. The Hall–Kier alpha value is -2.40. The number of hydrogen-bond acceptors (Lipinski definition) is 4. The number of fused-ring (bicyclic) bond motifs is 1. The fraction of sp³-hybridized carbons (Fsp3) is 0.200. The van der Waals surface area contributed by atoms with Gasteiger partial charge in [-0.2, -0.15) is 0 Å². The fourth-order valence-electron chi connectivity index (χ4n) is 1.83. The Morgan fingerprint density at radius 3 is 2.90 bits per heavy atom. The molecule has 5 nitrogen and oxygen atoms in total. The quantitative estimate of drug-likeness (QED) is 0.816. The average molecular weight is 273 g/mol. The lowest BCUT2D eigenvalue weighted by Crippen LogP contribution is -2.06. The summed E-state index contributed by atoms with van der Waals surface area (Å²) >= 11 is 0. The molecule has 0 saturated carbocycles. The number of hydrogen-bond donors (Lipinski definition) is 2. The average Bonchev–Trinajstić information content (AvgIpc) is 2.43. The van der Waals surface area contributed by atoms with E-state index in [-0.39, 0.29) is 16.8 Å². The highest BCUT2D eigenvalue weighted by Gasteiger charge is 2.10. The summed E-state index contributed by atoms with van der Waals surface area (Å²) in [4.78, 5) is 22.7. The Morgan fingerprint density at radius 2 is 2.20 bits per heavy atom. The molecule has 0 atom stereocenters. The van der Waals surface area contributed by atoms with Crippen LogP contribution in [0.5, 0.6) is 0 Å². The highest BCUT2D eigenvalue weighted by atomic mass is 16.4. The zero-order valence-corrected chi connectivity index (χ0v) is 11.1. The van der Waals surface area contributed by atoms with Crippen molar-refractivity contribution in [3.05, 3.63) is 51.9 Å². The van der Waals surface area contributed by atoms with Gasteiger partial charge in [0.05, 0.1) is 5.39 Å². The fourth-order valence-corrected chi connectivity index (χ4v) is 1.83. The van der Waals surface area contributed by atoms with Gasteiger partial charge in [-0.25, -0.2) is 4.79 Å². The Morgan fingerprint density at radius 1 is 1.40 bits per heavy atom. The lowest BCUT2D eigenvalue weighted by molar-refractivity contribution is 0.0663. The summed E-state index contributed by atoms with van der Waals surface area (Å²) < 4.78 is 5.17. The second-order valence-corrected chi connectivity index (χ2v) is 4.33. The molecule has 0 saturated heterocycles. The molecule has 1 heterocycles. The number of benzene rings is 1. The molecule has 20 heavy (non-hydrogen) atoms. The van der Waals surface area contributed by atoms with Gasteiger partial charge in [0.2, 0.25) is 5.76 Å². The minimum Gasteiger partial charge on any atom is -0.475 e. The molecule has 104 valence electrons. The molecule has 0 aliphatic carbocycles. The van der Waals surface area contributed by atoms with E-state index >= 15 is 0 Å². The molecule has 1 aromatic heterocycles. The van der Waals surface area contributed by atoms with Gasteiger partial charge < -0.3 is 14.8 Å². The molecule has 5 heteroatoms. The van der Waals surface area contributed by atoms with E-state index < -0.39 is 5.97 Å². The molecule has 2 rings (SSSR count). The number of rotatable bonds is 5. The minimum absolute atomic E-state index is 0.280. The number of carboxylic acids is 1. The maximum Gasteiger partial charge on any atom is 0.371 e. The summed E-state index contributed by atoms with van der Waals surface area (Å²) in [7, 11) is 1.88. The molecule has 0 amide bonds. The first-order valence-corrected chi connectivity index (χ1v) is 6.24. The van der Waals surface area contributed by atoms with Crippen LogP contribution in [0.25, 0.3) is 17.0 Å². The van der Waals surface area contributed by atoms with Crippen LogP contribution in [0.1, 0.15) is 22.5 Å². The lowest BCUT2D eigenvalue weighted by Gasteiger charge is -2.00. The van der Waals surface area contributed by atoms with E-state index in [9.17, 15) is 9.59 Å². The number of aromatic carboxylic acids is 1. The van der Waals surface area contributed by atoms with E-state index in [1.54, 1.807) is 18.2 Å². The van der Waals surface area contributed by atoms with Crippen LogP contribution < -0.4 is 10.7 Å². The van der Waals surface area contributed by atoms with Crippen molar-refractivity contribution in [2.45, 2.75) is 6.42 Å². The Kier molecular flexibility index (Phi) is 4.32. The standard InChI is InChI=1S/C15H15NO4/c1-16-7-3-2-4-10-5-6-13-11(8-10)12(17)9-14(20-13)15(18)19/h2,4-6,8-9,16H,3,7H2,1H3,(H,18,19). The number of carbonyl (C=O) groups is 1. The van der Waals surface area contributed by atoms with Crippen molar-refractivity contribution in [1.82, 2.24) is 5.32 Å². The predicted octanol–water partition coefficient (Wildman–Crippen LogP) is 2.11. The topological polar surface area (TPSA) is 79.5 Å². The van der Waals surface area contributed by atoms with Crippen molar-refractivity contribution in [1.29, 1.82) is 0 Å². The van der Waals surface area contributed by atoms with Crippen LogP contribution in [0.2, 0.25) is 0 Å². The van der Waals surface area contributed by atoms with E-state index in [1.165, 1.54) is 0 Å². The Balaban J connectivity index is 2.37. The van der Waals surface area contributed by atoms with Crippen LogP contribution in [-0.2, 0) is 0 Å². The maximum atomic E-state index is 11.9. The zero-order chi connectivity index (χ0) is 14.5. The highest BCUT2D eigenvalue weighted by molar-refractivity contribution is 5.88. The van der Waals surface area contributed by atoms with Crippen LogP contribution in [-0.4, -0.2) is 24.7 Å². The van der Waals surface area contributed by atoms with E-state index in [4.69, 9.17) is 9.52 Å². The normalized spacial score (nSPS) is 11.2. The summed E-state index contributed by atoms with van der Waals surface area (Å²) in [6.07, 6.45) is 4.81. The van der Waals surface area contributed by atoms with E-state index in [2.05, 4.69) is 5.32 Å². The lowest BCUT2D eigenvalue weighted by atomic mass is 10.1. The molecule has 2 aromatic rings. The second kappa shape index (κ2) is 6.16. The van der Waals surface area contributed by atoms with Gasteiger partial charge in [0.1, 0.15) is 5.58 Å². The van der Waals surface area contributed by atoms with Crippen molar-refractivity contribution in [3.63, 3.8) is 0 Å². The molecule has 0 fully saturated rings. The number of nitrogens with one attached hydrogen (secondary N) is 1. The predicted molar refractivity (Wildman–Crippen MR) is 77.0 cm³/mol. The smallest absolute Gasteiger partial charge is 0.371 e. The van der Waals surface area contributed by atoms with Gasteiger partial charge in [-0.15, -0.1) is 0 Å². The van der Waals surface area contributed by atoms with Gasteiger partial charge in [-0.3, -0.25) is 4.79 Å². The molecular weight excluding hydrogens is 258 g/mol. The van der Waals surface area contributed by atoms with Crippen molar-refractivity contribution >= 4 is 23.0 Å². The summed E-state index contributed by atoms with van der Waals surface area (Å²) in [6.45, 7) is 0.883. The summed E-state index contributed by atoms with van der Waals surface area (Å²) in [5.74, 6) is -1.60. The summed E-state index contributed by atoms with van der Waals surface area (Å²) in [5.41, 5.74) is 0.806. The van der Waals surface area contributed by atoms with Gasteiger partial charge in [-0.1, -0.05) is 18.2 Å². The van der Waals surface area contributed by atoms with Gasteiger partial charge in [-0.05, 0) is 37.7 Å². The van der Waals surface area contributed by atoms with Crippen LogP contribution in [0.15, 0.2) is 39.6 Å². The van der Waals surface area contributed by atoms with E-state index in [1.807, 2.05) is 19.2 Å². The zero-order valence-electron chi connectivity index (χ0n) is 11.1. The van der Waals surface area contributed by atoms with E-state index in [0.717, 1.165) is 24.6 Å². The monoisotopic (exact) mass is 273 g/mol. The largest absolute Gasteiger partial charge is 0.475 e. The third-order valence-electron chi connectivity index (χ3n) is 2.83. The van der Waals surface area contributed by atoms with Crippen LogP contribution in [0.4, 0.5) is 0 Å². The van der Waals surface area contributed by atoms with Crippen molar-refractivity contribution < 1.29 is 14.3 Å². The minimum atomic E-state index is -1.25. The van der Waals surface area contributed by atoms with Crippen molar-refractivity contribution in [2.24, 2.45) is 0 Å². The van der Waals surface area contributed by atoms with Gasteiger partial charge in [0, 0.05) is 6.07 Å². The van der Waals surface area contributed by atoms with Crippen molar-refractivity contribution in [2.75, 3.05) is 13.6 Å².